The summed E-state index contributed by atoms with van der Waals surface area (Å²) in [5.41, 5.74) is 6.29. The third-order valence-corrected chi connectivity index (χ3v) is 6.29. The number of halogens is 1. The van der Waals surface area contributed by atoms with Gasteiger partial charge in [-0.2, -0.15) is 0 Å². The molecule has 3 rings (SSSR count). The minimum Gasteiger partial charge on any atom is -0.494 e. The predicted octanol–water partition coefficient (Wildman–Crippen LogP) is 4.85. The second-order valence-electron chi connectivity index (χ2n) is 8.42. The third kappa shape index (κ3) is 6.93. The van der Waals surface area contributed by atoms with Gasteiger partial charge in [-0.3, -0.25) is 10.2 Å². The van der Waals surface area contributed by atoms with Crippen molar-refractivity contribution in [2.24, 2.45) is 4.99 Å². The van der Waals surface area contributed by atoms with Crippen molar-refractivity contribution >= 4 is 27.7 Å². The van der Waals surface area contributed by atoms with Gasteiger partial charge in [-0.15, -0.1) is 6.58 Å². The molecule has 2 aromatic carbocycles. The van der Waals surface area contributed by atoms with E-state index in [1.807, 2.05) is 48.5 Å². The molecule has 0 unspecified atom stereocenters. The fourth-order valence-corrected chi connectivity index (χ4v) is 4.15. The Hall–Kier alpha value is -2.68. The van der Waals surface area contributed by atoms with Crippen molar-refractivity contribution in [3.8, 4) is 5.75 Å². The second kappa shape index (κ2) is 13.4. The standard InChI is InChI=1S/C27H34BrN3O4/c1-3-5-6-17-29-31-26(33)27(16-4-2)24(20-8-12-22(28)13-9-20)35-25(30-27)21-10-14-23(15-11-21)34-19-7-18-32/h4,8-15,24,29,32H,2-3,5-7,16-19H2,1H3,(H,31,33)/t24-,27-/m0/s1. The Labute approximate surface area is 215 Å². The van der Waals surface area contributed by atoms with Crippen LogP contribution in [-0.2, 0) is 9.53 Å². The zero-order valence-corrected chi connectivity index (χ0v) is 21.7. The highest BCUT2D eigenvalue weighted by Gasteiger charge is 2.52. The molecule has 1 amide bonds. The topological polar surface area (TPSA) is 92.2 Å². The molecule has 35 heavy (non-hydrogen) atoms. The molecule has 188 valence electrons. The highest BCUT2D eigenvalue weighted by molar-refractivity contribution is 9.10. The number of amides is 1. The molecule has 0 bridgehead atoms. The Morgan fingerprint density at radius 3 is 2.60 bits per heavy atom. The first-order valence-corrected chi connectivity index (χ1v) is 12.8. The summed E-state index contributed by atoms with van der Waals surface area (Å²) >= 11 is 3.47. The second-order valence-corrected chi connectivity index (χ2v) is 9.34. The number of unbranched alkanes of at least 4 members (excludes halogenated alkanes) is 2. The number of aliphatic imine (C=N–C) groups is 1. The first-order chi connectivity index (χ1) is 17.0. The predicted molar refractivity (Wildman–Crippen MR) is 141 cm³/mol. The number of rotatable bonds is 14. The van der Waals surface area contributed by atoms with Crippen LogP contribution in [0, 0.1) is 0 Å². The number of nitrogens with one attached hydrogen (secondary N) is 2. The molecule has 0 saturated carbocycles. The Morgan fingerprint density at radius 1 is 1.20 bits per heavy atom. The normalized spacial score (nSPS) is 19.1. The molecule has 8 heteroatoms. The van der Waals surface area contributed by atoms with E-state index in [2.05, 4.69) is 40.3 Å². The van der Waals surface area contributed by atoms with Gasteiger partial charge in [0.05, 0.1) is 6.61 Å². The molecule has 0 saturated heterocycles. The van der Waals surface area contributed by atoms with E-state index >= 15 is 0 Å². The lowest BCUT2D eigenvalue weighted by atomic mass is 9.84. The van der Waals surface area contributed by atoms with Gasteiger partial charge in [0, 0.05) is 36.0 Å². The van der Waals surface area contributed by atoms with Gasteiger partial charge in [0.25, 0.3) is 5.91 Å². The number of benzene rings is 2. The highest BCUT2D eigenvalue weighted by atomic mass is 79.9. The van der Waals surface area contributed by atoms with Crippen molar-refractivity contribution < 1.29 is 19.4 Å². The van der Waals surface area contributed by atoms with Crippen molar-refractivity contribution in [1.29, 1.82) is 0 Å². The summed E-state index contributed by atoms with van der Waals surface area (Å²) in [4.78, 5) is 18.4. The van der Waals surface area contributed by atoms with Crippen LogP contribution >= 0.6 is 15.9 Å². The van der Waals surface area contributed by atoms with E-state index in [9.17, 15) is 4.79 Å². The van der Waals surface area contributed by atoms with Gasteiger partial charge in [-0.1, -0.05) is 53.9 Å². The molecular formula is C27H34BrN3O4. The van der Waals surface area contributed by atoms with Gasteiger partial charge in [-0.25, -0.2) is 10.4 Å². The average molecular weight is 544 g/mol. The van der Waals surface area contributed by atoms with Crippen molar-refractivity contribution in [3.63, 3.8) is 0 Å². The van der Waals surface area contributed by atoms with Gasteiger partial charge in [0.2, 0.25) is 5.90 Å². The summed E-state index contributed by atoms with van der Waals surface area (Å²) in [6.07, 6.45) is 5.12. The fourth-order valence-electron chi connectivity index (χ4n) is 3.89. The summed E-state index contributed by atoms with van der Waals surface area (Å²) in [5.74, 6) is 0.820. The van der Waals surface area contributed by atoms with Crippen LogP contribution in [0.2, 0.25) is 0 Å². The summed E-state index contributed by atoms with van der Waals surface area (Å²) in [6.45, 7) is 7.24. The van der Waals surface area contributed by atoms with Gasteiger partial charge >= 0.3 is 0 Å². The number of carbonyl (C=O) groups is 1. The number of ether oxygens (including phenoxy) is 2. The summed E-state index contributed by atoms with van der Waals surface area (Å²) in [6, 6.07) is 15.1. The minimum absolute atomic E-state index is 0.0844. The maximum atomic E-state index is 13.6. The molecule has 7 nitrogen and oxygen atoms in total. The number of hydrazine groups is 1. The van der Waals surface area contributed by atoms with E-state index in [1.54, 1.807) is 6.08 Å². The Bertz CT molecular complexity index is 994. The molecule has 2 aromatic rings. The maximum Gasteiger partial charge on any atom is 0.266 e. The lowest BCUT2D eigenvalue weighted by Gasteiger charge is -2.29. The highest BCUT2D eigenvalue weighted by Crippen LogP contribution is 2.42. The van der Waals surface area contributed by atoms with Crippen LogP contribution in [0.25, 0.3) is 0 Å². The van der Waals surface area contributed by atoms with Crippen LogP contribution < -0.4 is 15.6 Å². The number of carbonyl (C=O) groups excluding carboxylic acids is 1. The molecule has 0 radical (unpaired) electrons. The lowest BCUT2D eigenvalue weighted by molar-refractivity contribution is -0.129. The van der Waals surface area contributed by atoms with Crippen LogP contribution in [0.3, 0.4) is 0 Å². The van der Waals surface area contributed by atoms with Gasteiger partial charge in [0.1, 0.15) is 5.75 Å². The molecule has 0 aliphatic carbocycles. The van der Waals surface area contributed by atoms with E-state index in [-0.39, 0.29) is 12.5 Å². The van der Waals surface area contributed by atoms with Crippen LogP contribution in [-0.4, -0.2) is 42.2 Å². The van der Waals surface area contributed by atoms with Crippen LogP contribution in [0.1, 0.15) is 56.3 Å². The Balaban J connectivity index is 1.89. The quantitative estimate of drug-likeness (QED) is 0.180. The van der Waals surface area contributed by atoms with Gasteiger partial charge in [-0.05, 0) is 48.4 Å². The molecular weight excluding hydrogens is 510 g/mol. The number of hydrogen-bond acceptors (Lipinski definition) is 6. The monoisotopic (exact) mass is 543 g/mol. The van der Waals surface area contributed by atoms with Gasteiger partial charge < -0.3 is 14.6 Å². The van der Waals surface area contributed by atoms with E-state index in [0.717, 1.165) is 34.9 Å². The fraction of sp³-hybridized carbons (Fsp3) is 0.407. The Morgan fingerprint density at radius 2 is 1.94 bits per heavy atom. The van der Waals surface area contributed by atoms with Gasteiger partial charge in [0.15, 0.2) is 11.6 Å². The van der Waals surface area contributed by atoms with Crippen molar-refractivity contribution in [3.05, 3.63) is 76.8 Å². The zero-order valence-electron chi connectivity index (χ0n) is 20.1. The van der Waals surface area contributed by atoms with Crippen molar-refractivity contribution in [1.82, 2.24) is 10.9 Å². The van der Waals surface area contributed by atoms with E-state index in [0.29, 0.717) is 37.6 Å². The molecule has 0 aromatic heterocycles. The van der Waals surface area contributed by atoms with E-state index in [4.69, 9.17) is 19.6 Å². The molecule has 1 heterocycles. The molecule has 0 fully saturated rings. The molecule has 0 spiro atoms. The molecule has 3 N–H and O–H groups in total. The van der Waals surface area contributed by atoms with E-state index in [1.165, 1.54) is 0 Å². The molecule has 1 aliphatic rings. The first kappa shape index (κ1) is 26.9. The largest absolute Gasteiger partial charge is 0.494 e. The van der Waals surface area contributed by atoms with Crippen LogP contribution in [0.15, 0.2) is 70.7 Å². The lowest BCUT2D eigenvalue weighted by Crippen LogP contribution is -2.52. The SMILES string of the molecule is C=CC[C@]1(C(=O)NNCCCCC)N=C(c2ccc(OCCCO)cc2)O[C@H]1c1ccc(Br)cc1. The first-order valence-electron chi connectivity index (χ1n) is 12.0. The van der Waals surface area contributed by atoms with Crippen LogP contribution in [0.4, 0.5) is 0 Å². The molecule has 2 atom stereocenters. The maximum absolute atomic E-state index is 13.6. The smallest absolute Gasteiger partial charge is 0.266 e. The van der Waals surface area contributed by atoms with Crippen molar-refractivity contribution in [2.45, 2.75) is 50.7 Å². The minimum atomic E-state index is -1.21. The Kier molecular flexibility index (Phi) is 10.3. The number of hydrogen-bond donors (Lipinski definition) is 3. The summed E-state index contributed by atoms with van der Waals surface area (Å²) in [5, 5.41) is 8.94. The van der Waals surface area contributed by atoms with Crippen molar-refractivity contribution in [2.75, 3.05) is 19.8 Å². The zero-order chi connectivity index (χ0) is 25.1. The molecule has 1 aliphatic heterocycles. The summed E-state index contributed by atoms with van der Waals surface area (Å²) < 4.78 is 12.9. The van der Waals surface area contributed by atoms with Crippen LogP contribution in [0.5, 0.6) is 5.75 Å². The number of aliphatic hydroxyl groups is 1. The average Bonchev–Trinajstić information content (AvgIpc) is 3.25. The summed E-state index contributed by atoms with van der Waals surface area (Å²) in [7, 11) is 0. The van der Waals surface area contributed by atoms with E-state index < -0.39 is 11.6 Å². The number of nitrogens with zero attached hydrogens (tertiary/aromatic N) is 1. The third-order valence-electron chi connectivity index (χ3n) is 5.77. The number of aliphatic hydroxyl groups excluding tert-OH is 1.